The summed E-state index contributed by atoms with van der Waals surface area (Å²) in [4.78, 5) is 1.89. The van der Waals surface area contributed by atoms with Crippen molar-refractivity contribution in [3.63, 3.8) is 0 Å². The Kier molecular flexibility index (Phi) is 10.2. The zero-order valence-corrected chi connectivity index (χ0v) is 23.4. The van der Waals surface area contributed by atoms with Gasteiger partial charge >= 0.3 is 12.4 Å². The summed E-state index contributed by atoms with van der Waals surface area (Å²) >= 11 is 0. The maximum absolute atomic E-state index is 13.4. The summed E-state index contributed by atoms with van der Waals surface area (Å²) in [6, 6.07) is 17.3. The number of benzene rings is 3. The molecule has 1 aliphatic rings. The molecule has 0 heterocycles. The third-order valence-corrected chi connectivity index (χ3v) is 7.08. The van der Waals surface area contributed by atoms with Gasteiger partial charge in [0.2, 0.25) is 0 Å². The predicted octanol–water partition coefficient (Wildman–Crippen LogP) is 10.7. The molecule has 1 aliphatic carbocycles. The van der Waals surface area contributed by atoms with Crippen molar-refractivity contribution in [2.45, 2.75) is 57.9 Å². The van der Waals surface area contributed by atoms with Crippen molar-refractivity contribution in [2.75, 3.05) is 16.9 Å². The Balaban J connectivity index is 1.59. The molecule has 8 heteroatoms. The quantitative estimate of drug-likeness (QED) is 0.145. The van der Waals surface area contributed by atoms with Crippen LogP contribution in [0.5, 0.6) is 0 Å². The third kappa shape index (κ3) is 8.78. The maximum Gasteiger partial charge on any atom is 0.416 e. The van der Waals surface area contributed by atoms with E-state index in [-0.39, 0.29) is 18.4 Å². The molecule has 0 amide bonds. The molecule has 0 unspecified atom stereocenters. The van der Waals surface area contributed by atoms with Gasteiger partial charge in [0.05, 0.1) is 17.8 Å². The number of anilines is 2. The first kappa shape index (κ1) is 31.0. The van der Waals surface area contributed by atoms with Crippen molar-refractivity contribution >= 4 is 23.0 Å². The van der Waals surface area contributed by atoms with Crippen molar-refractivity contribution in [1.82, 2.24) is 0 Å². The maximum atomic E-state index is 13.4. The van der Waals surface area contributed by atoms with Crippen LogP contribution in [0.1, 0.15) is 66.8 Å². The van der Waals surface area contributed by atoms with Crippen LogP contribution in [0, 0.1) is 0 Å². The summed E-state index contributed by atoms with van der Waals surface area (Å²) < 4.78 is 80.5. The lowest BCUT2D eigenvalue weighted by Crippen LogP contribution is -2.29. The van der Waals surface area contributed by atoms with E-state index in [9.17, 15) is 26.3 Å². The Morgan fingerprint density at radius 1 is 0.810 bits per heavy atom. The molecule has 0 aliphatic heterocycles. The first-order valence-electron chi connectivity index (χ1n) is 14.0. The van der Waals surface area contributed by atoms with Crippen molar-refractivity contribution < 1.29 is 26.3 Å². The van der Waals surface area contributed by atoms with Crippen LogP contribution < -0.4 is 10.2 Å². The molecule has 0 aromatic heterocycles. The van der Waals surface area contributed by atoms with Crippen LogP contribution >= 0.6 is 0 Å². The molecule has 1 N–H and O–H groups in total. The van der Waals surface area contributed by atoms with Gasteiger partial charge in [0.25, 0.3) is 0 Å². The molecular formula is C34H34F6N2. The standard InChI is InChI=1S/C34H34F6N2/c1-2-3-4-6-9-25-12-14-26(15-13-25)23-42(32-18-16-28(17-19-32)27-10-7-5-8-11-27)24-41-31-21-29(33(35,36)37)20-30(22-31)34(38,39)40/h3-4,6,9-10,12-22,41H,2,5,7-8,11,23-24H2,1H3/b4-3+,9-6+. The lowest BCUT2D eigenvalue weighted by atomic mass is 9.93. The summed E-state index contributed by atoms with van der Waals surface area (Å²) in [7, 11) is 0. The van der Waals surface area contributed by atoms with Gasteiger partial charge in [-0.25, -0.2) is 0 Å². The number of alkyl halides is 6. The average molecular weight is 585 g/mol. The van der Waals surface area contributed by atoms with Crippen LogP contribution in [-0.2, 0) is 18.9 Å². The summed E-state index contributed by atoms with van der Waals surface area (Å²) in [5.74, 6) is 0. The number of rotatable bonds is 10. The average Bonchev–Trinajstić information content (AvgIpc) is 2.98. The number of halogens is 6. The van der Waals surface area contributed by atoms with Crippen LogP contribution in [0.4, 0.5) is 37.7 Å². The van der Waals surface area contributed by atoms with Gasteiger partial charge in [-0.05, 0) is 84.7 Å². The lowest BCUT2D eigenvalue weighted by molar-refractivity contribution is -0.143. The minimum absolute atomic E-state index is 0.00980. The van der Waals surface area contributed by atoms with Gasteiger partial charge in [-0.1, -0.05) is 73.7 Å². The molecule has 2 nitrogen and oxygen atoms in total. The molecule has 0 fully saturated rings. The fourth-order valence-electron chi connectivity index (χ4n) is 4.80. The number of hydrogen-bond acceptors (Lipinski definition) is 2. The minimum Gasteiger partial charge on any atom is -0.368 e. The Morgan fingerprint density at radius 3 is 2.05 bits per heavy atom. The van der Waals surface area contributed by atoms with E-state index >= 15 is 0 Å². The van der Waals surface area contributed by atoms with E-state index in [0.717, 1.165) is 48.1 Å². The molecule has 0 atom stereocenters. The zero-order valence-electron chi connectivity index (χ0n) is 23.4. The van der Waals surface area contributed by atoms with Crippen LogP contribution in [-0.4, -0.2) is 6.67 Å². The summed E-state index contributed by atoms with van der Waals surface area (Å²) in [5, 5.41) is 2.81. The monoisotopic (exact) mass is 584 g/mol. The number of allylic oxidation sites excluding steroid dienone is 5. The second-order valence-electron chi connectivity index (χ2n) is 10.3. The van der Waals surface area contributed by atoms with Gasteiger partial charge in [-0.15, -0.1) is 0 Å². The smallest absolute Gasteiger partial charge is 0.368 e. The van der Waals surface area contributed by atoms with Crippen LogP contribution in [0.2, 0.25) is 0 Å². The largest absolute Gasteiger partial charge is 0.416 e. The molecule has 222 valence electrons. The summed E-state index contributed by atoms with van der Waals surface area (Å²) in [5.41, 5.74) is 2.19. The molecule has 3 aromatic rings. The Hall–Kier alpha value is -3.94. The first-order valence-corrected chi connectivity index (χ1v) is 14.0. The van der Waals surface area contributed by atoms with Crippen LogP contribution in [0.3, 0.4) is 0 Å². The van der Waals surface area contributed by atoms with Crippen molar-refractivity contribution in [3.8, 4) is 0 Å². The Morgan fingerprint density at radius 2 is 1.48 bits per heavy atom. The fourth-order valence-corrected chi connectivity index (χ4v) is 4.80. The van der Waals surface area contributed by atoms with E-state index in [0.29, 0.717) is 18.7 Å². The molecular weight excluding hydrogens is 550 g/mol. The first-order chi connectivity index (χ1) is 20.0. The number of hydrogen-bond donors (Lipinski definition) is 1. The Bertz CT molecular complexity index is 1370. The molecule has 0 bridgehead atoms. The van der Waals surface area contributed by atoms with Crippen LogP contribution in [0.25, 0.3) is 11.6 Å². The summed E-state index contributed by atoms with van der Waals surface area (Å²) in [6.45, 7) is 2.44. The van der Waals surface area contributed by atoms with Gasteiger partial charge in [-0.2, -0.15) is 26.3 Å². The predicted molar refractivity (Wildman–Crippen MR) is 159 cm³/mol. The van der Waals surface area contributed by atoms with E-state index in [4.69, 9.17) is 0 Å². The second-order valence-corrected chi connectivity index (χ2v) is 10.3. The highest BCUT2D eigenvalue weighted by molar-refractivity contribution is 5.68. The number of nitrogens with zero attached hydrogens (tertiary/aromatic N) is 1. The molecule has 0 saturated heterocycles. The topological polar surface area (TPSA) is 15.3 Å². The van der Waals surface area contributed by atoms with E-state index < -0.39 is 23.5 Å². The molecule has 42 heavy (non-hydrogen) atoms. The van der Waals surface area contributed by atoms with Crippen molar-refractivity contribution in [2.24, 2.45) is 0 Å². The van der Waals surface area contributed by atoms with Gasteiger partial charge in [0, 0.05) is 17.9 Å². The molecule has 0 saturated carbocycles. The van der Waals surface area contributed by atoms with E-state index in [1.54, 1.807) is 0 Å². The van der Waals surface area contributed by atoms with Crippen LogP contribution in [0.15, 0.2) is 91.0 Å². The third-order valence-electron chi connectivity index (χ3n) is 7.08. The second kappa shape index (κ2) is 13.8. The highest BCUT2D eigenvalue weighted by atomic mass is 19.4. The fraction of sp³-hybridized carbons (Fsp3) is 0.294. The van der Waals surface area contributed by atoms with Crippen molar-refractivity contribution in [3.05, 3.63) is 119 Å². The van der Waals surface area contributed by atoms with E-state index in [1.165, 1.54) is 12.0 Å². The lowest BCUT2D eigenvalue weighted by Gasteiger charge is -2.27. The highest BCUT2D eigenvalue weighted by Crippen LogP contribution is 2.37. The molecule has 0 spiro atoms. The normalized spacial score (nSPS) is 14.4. The van der Waals surface area contributed by atoms with Gasteiger partial charge in [0.15, 0.2) is 0 Å². The van der Waals surface area contributed by atoms with E-state index in [2.05, 4.69) is 18.3 Å². The highest BCUT2D eigenvalue weighted by Gasteiger charge is 2.37. The molecule has 4 rings (SSSR count). The number of nitrogens with one attached hydrogen (secondary N) is 1. The molecule has 3 aromatic carbocycles. The van der Waals surface area contributed by atoms with Gasteiger partial charge in [-0.3, -0.25) is 0 Å². The van der Waals surface area contributed by atoms with Gasteiger partial charge < -0.3 is 10.2 Å². The molecule has 0 radical (unpaired) electrons. The summed E-state index contributed by atoms with van der Waals surface area (Å²) in [6.07, 6.45) is 5.72. The van der Waals surface area contributed by atoms with E-state index in [1.807, 2.05) is 77.7 Å². The zero-order chi connectivity index (χ0) is 30.2. The van der Waals surface area contributed by atoms with Gasteiger partial charge in [0.1, 0.15) is 0 Å². The minimum atomic E-state index is -4.91. The SMILES string of the molecule is CC/C=C/C=C/c1ccc(CN(CNc2cc(C(F)(F)F)cc(C(F)(F)F)c2)c2ccc(C3=CCCCC3)cc2)cc1. The Labute approximate surface area is 243 Å². The van der Waals surface area contributed by atoms with Crippen molar-refractivity contribution in [1.29, 1.82) is 0 Å².